The van der Waals surface area contributed by atoms with Gasteiger partial charge in [0.1, 0.15) is 5.78 Å². The number of nitrogens with zero attached hydrogens (tertiary/aromatic N) is 1. The summed E-state index contributed by atoms with van der Waals surface area (Å²) < 4.78 is 5.34. The Labute approximate surface area is 88.5 Å². The van der Waals surface area contributed by atoms with E-state index in [4.69, 9.17) is 4.74 Å². The van der Waals surface area contributed by atoms with Crippen molar-refractivity contribution in [3.63, 3.8) is 0 Å². The van der Waals surface area contributed by atoms with E-state index >= 15 is 0 Å². The monoisotopic (exact) mass is 203 g/mol. The molecule has 1 saturated heterocycles. The minimum atomic E-state index is -0.311. The zero-order valence-corrected chi connectivity index (χ0v) is 8.53. The Kier molecular flexibility index (Phi) is 1.89. The number of hydrogen-bond acceptors (Lipinski definition) is 3. The van der Waals surface area contributed by atoms with Crippen LogP contribution in [-0.4, -0.2) is 24.0 Å². The van der Waals surface area contributed by atoms with Crippen LogP contribution in [-0.2, 0) is 21.4 Å². The SMILES string of the molecule is O=C1Cc2cccnc2C12CCOCC2. The Morgan fingerprint density at radius 3 is 2.93 bits per heavy atom. The van der Waals surface area contributed by atoms with Gasteiger partial charge in [-0.25, -0.2) is 0 Å². The molecular formula is C12H13NO2. The van der Waals surface area contributed by atoms with Crippen LogP contribution in [0.4, 0.5) is 0 Å². The first-order valence-electron chi connectivity index (χ1n) is 5.38. The van der Waals surface area contributed by atoms with Gasteiger partial charge in [0.2, 0.25) is 0 Å². The van der Waals surface area contributed by atoms with Gasteiger partial charge in [0.15, 0.2) is 0 Å². The zero-order valence-electron chi connectivity index (χ0n) is 8.53. The second kappa shape index (κ2) is 3.14. The third-order valence-corrected chi connectivity index (χ3v) is 3.58. The van der Waals surface area contributed by atoms with Crippen LogP contribution in [0.5, 0.6) is 0 Å². The lowest BCUT2D eigenvalue weighted by molar-refractivity contribution is -0.126. The minimum Gasteiger partial charge on any atom is -0.381 e. The Balaban J connectivity index is 2.11. The molecule has 1 spiro atoms. The van der Waals surface area contributed by atoms with E-state index in [1.165, 1.54) is 0 Å². The van der Waals surface area contributed by atoms with Crippen LogP contribution in [0.25, 0.3) is 0 Å². The van der Waals surface area contributed by atoms with Crippen LogP contribution in [0.15, 0.2) is 18.3 Å². The minimum absolute atomic E-state index is 0.311. The van der Waals surface area contributed by atoms with Crippen LogP contribution in [0.2, 0.25) is 0 Å². The Hall–Kier alpha value is -1.22. The lowest BCUT2D eigenvalue weighted by Gasteiger charge is -2.31. The number of pyridine rings is 1. The molecule has 2 aliphatic rings. The molecule has 2 heterocycles. The highest BCUT2D eigenvalue weighted by atomic mass is 16.5. The third kappa shape index (κ3) is 1.16. The lowest BCUT2D eigenvalue weighted by atomic mass is 9.77. The molecule has 1 aromatic heterocycles. The van der Waals surface area contributed by atoms with E-state index in [1.54, 1.807) is 6.20 Å². The van der Waals surface area contributed by atoms with E-state index in [-0.39, 0.29) is 5.41 Å². The van der Waals surface area contributed by atoms with E-state index < -0.39 is 0 Å². The molecule has 0 atom stereocenters. The van der Waals surface area contributed by atoms with Crippen molar-refractivity contribution < 1.29 is 9.53 Å². The topological polar surface area (TPSA) is 39.2 Å². The fourth-order valence-corrected chi connectivity index (χ4v) is 2.72. The quantitative estimate of drug-likeness (QED) is 0.637. The molecule has 78 valence electrons. The summed E-state index contributed by atoms with van der Waals surface area (Å²) >= 11 is 0. The lowest BCUT2D eigenvalue weighted by Crippen LogP contribution is -2.38. The number of ketones is 1. The number of carbonyl (C=O) groups is 1. The number of Topliss-reactive ketones (excluding diaryl/α,β-unsaturated/α-hetero) is 1. The second-order valence-corrected chi connectivity index (χ2v) is 4.31. The van der Waals surface area contributed by atoms with Crippen molar-refractivity contribution in [3.05, 3.63) is 29.6 Å². The summed E-state index contributed by atoms with van der Waals surface area (Å²) in [6.07, 6.45) is 3.95. The van der Waals surface area contributed by atoms with Crippen molar-refractivity contribution in [1.29, 1.82) is 0 Å². The Bertz CT molecular complexity index is 408. The fraction of sp³-hybridized carbons (Fsp3) is 0.500. The normalized spacial score (nSPS) is 23.1. The van der Waals surface area contributed by atoms with Gasteiger partial charge in [-0.3, -0.25) is 9.78 Å². The molecule has 1 aliphatic carbocycles. The van der Waals surface area contributed by atoms with E-state index in [2.05, 4.69) is 4.98 Å². The third-order valence-electron chi connectivity index (χ3n) is 3.58. The summed E-state index contributed by atoms with van der Waals surface area (Å²) in [7, 11) is 0. The molecule has 3 rings (SSSR count). The summed E-state index contributed by atoms with van der Waals surface area (Å²) in [4.78, 5) is 16.5. The van der Waals surface area contributed by atoms with Gasteiger partial charge >= 0.3 is 0 Å². The highest BCUT2D eigenvalue weighted by Gasteiger charge is 2.48. The first kappa shape index (κ1) is 9.04. The van der Waals surface area contributed by atoms with Gasteiger partial charge in [0, 0.05) is 25.8 Å². The number of hydrogen-bond donors (Lipinski definition) is 0. The molecule has 0 aromatic carbocycles. The molecule has 0 saturated carbocycles. The average Bonchev–Trinajstić information content (AvgIpc) is 2.55. The smallest absolute Gasteiger partial charge is 0.149 e. The molecule has 0 amide bonds. The largest absolute Gasteiger partial charge is 0.381 e. The number of rotatable bonds is 0. The fourth-order valence-electron chi connectivity index (χ4n) is 2.72. The molecule has 15 heavy (non-hydrogen) atoms. The summed E-state index contributed by atoms with van der Waals surface area (Å²) in [5.41, 5.74) is 1.82. The van der Waals surface area contributed by atoms with Crippen molar-refractivity contribution in [3.8, 4) is 0 Å². The maximum absolute atomic E-state index is 12.1. The molecule has 3 heteroatoms. The molecule has 0 bridgehead atoms. The molecule has 0 N–H and O–H groups in total. The van der Waals surface area contributed by atoms with E-state index in [1.807, 2.05) is 12.1 Å². The van der Waals surface area contributed by atoms with Gasteiger partial charge in [0.05, 0.1) is 11.1 Å². The second-order valence-electron chi connectivity index (χ2n) is 4.31. The van der Waals surface area contributed by atoms with Gasteiger partial charge in [-0.1, -0.05) is 6.07 Å². The Morgan fingerprint density at radius 2 is 2.13 bits per heavy atom. The summed E-state index contributed by atoms with van der Waals surface area (Å²) in [6, 6.07) is 3.93. The van der Waals surface area contributed by atoms with Crippen LogP contribution >= 0.6 is 0 Å². The molecule has 0 radical (unpaired) electrons. The number of fused-ring (bicyclic) bond motifs is 2. The molecule has 1 aromatic rings. The summed E-state index contributed by atoms with van der Waals surface area (Å²) in [6.45, 7) is 1.36. The number of ether oxygens (including phenoxy) is 1. The van der Waals surface area contributed by atoms with E-state index in [9.17, 15) is 4.79 Å². The van der Waals surface area contributed by atoms with Crippen molar-refractivity contribution >= 4 is 5.78 Å². The predicted molar refractivity (Wildman–Crippen MR) is 54.7 cm³/mol. The predicted octanol–water partition coefficient (Wildman–Crippen LogP) is 1.25. The zero-order chi connectivity index (χ0) is 10.3. The number of carbonyl (C=O) groups excluding carboxylic acids is 1. The van der Waals surface area contributed by atoms with Gasteiger partial charge in [0.25, 0.3) is 0 Å². The summed E-state index contributed by atoms with van der Waals surface area (Å²) in [5, 5.41) is 0. The standard InChI is InChI=1S/C12H13NO2/c14-10-8-9-2-1-5-13-11(9)12(10)3-6-15-7-4-12/h1-2,5H,3-4,6-8H2. The van der Waals surface area contributed by atoms with E-state index in [0.717, 1.165) is 24.1 Å². The highest BCUT2D eigenvalue weighted by Crippen LogP contribution is 2.41. The van der Waals surface area contributed by atoms with Gasteiger partial charge < -0.3 is 4.74 Å². The van der Waals surface area contributed by atoms with Gasteiger partial charge in [-0.2, -0.15) is 0 Å². The molecule has 1 fully saturated rings. The molecule has 0 unspecified atom stereocenters. The first-order chi connectivity index (χ1) is 7.33. The number of aromatic nitrogens is 1. The average molecular weight is 203 g/mol. The van der Waals surface area contributed by atoms with Crippen LogP contribution in [0.3, 0.4) is 0 Å². The first-order valence-corrected chi connectivity index (χ1v) is 5.38. The Morgan fingerprint density at radius 1 is 1.33 bits per heavy atom. The van der Waals surface area contributed by atoms with E-state index in [0.29, 0.717) is 25.4 Å². The maximum Gasteiger partial charge on any atom is 0.149 e. The van der Waals surface area contributed by atoms with Crippen molar-refractivity contribution in [2.24, 2.45) is 0 Å². The maximum atomic E-state index is 12.1. The van der Waals surface area contributed by atoms with Crippen molar-refractivity contribution in [1.82, 2.24) is 4.98 Å². The van der Waals surface area contributed by atoms with Crippen LogP contribution in [0.1, 0.15) is 24.1 Å². The molecular weight excluding hydrogens is 190 g/mol. The molecule has 3 nitrogen and oxygen atoms in total. The van der Waals surface area contributed by atoms with Crippen molar-refractivity contribution in [2.75, 3.05) is 13.2 Å². The van der Waals surface area contributed by atoms with Crippen LogP contribution < -0.4 is 0 Å². The highest BCUT2D eigenvalue weighted by molar-refractivity contribution is 5.96. The summed E-state index contributed by atoms with van der Waals surface area (Å²) in [5.74, 6) is 0.333. The van der Waals surface area contributed by atoms with Crippen molar-refractivity contribution in [2.45, 2.75) is 24.7 Å². The van der Waals surface area contributed by atoms with Crippen LogP contribution in [0, 0.1) is 0 Å². The van der Waals surface area contributed by atoms with Gasteiger partial charge in [-0.15, -0.1) is 0 Å². The van der Waals surface area contributed by atoms with Gasteiger partial charge in [-0.05, 0) is 24.5 Å². The molecule has 1 aliphatic heterocycles.